The molecule has 2 fully saturated rings. The van der Waals surface area contributed by atoms with Crippen molar-refractivity contribution >= 4 is 29.7 Å². The first-order chi connectivity index (χ1) is 14.8. The van der Waals surface area contributed by atoms with E-state index in [1.54, 1.807) is 24.3 Å². The molecule has 1 aromatic rings. The van der Waals surface area contributed by atoms with Crippen molar-refractivity contribution in [2.24, 2.45) is 5.73 Å². The lowest BCUT2D eigenvalue weighted by molar-refractivity contribution is -0.141. The highest BCUT2D eigenvalue weighted by atomic mass is 16.6. The number of carbonyl (C=O) groups excluding carboxylic acids is 5. The van der Waals surface area contributed by atoms with E-state index in [-0.39, 0.29) is 19.4 Å². The normalized spacial score (nSPS) is 21.6. The number of hydrogen-bond acceptors (Lipinski definition) is 6. The maximum Gasteiger partial charge on any atom is 0.417 e. The van der Waals surface area contributed by atoms with Crippen LogP contribution in [-0.4, -0.2) is 64.2 Å². The van der Waals surface area contributed by atoms with Gasteiger partial charge in [-0.05, 0) is 31.7 Å². The van der Waals surface area contributed by atoms with E-state index in [9.17, 15) is 24.0 Å². The molecule has 0 unspecified atom stereocenters. The van der Waals surface area contributed by atoms with E-state index >= 15 is 0 Å². The number of hydrogen-bond donors (Lipinski definition) is 2. The van der Waals surface area contributed by atoms with Gasteiger partial charge in [0.1, 0.15) is 24.7 Å². The summed E-state index contributed by atoms with van der Waals surface area (Å²) in [6.07, 6.45) is 0.396. The Hall–Kier alpha value is -3.43. The van der Waals surface area contributed by atoms with Gasteiger partial charge >= 0.3 is 6.09 Å². The zero-order chi connectivity index (χ0) is 22.5. The highest BCUT2D eigenvalue weighted by Gasteiger charge is 2.42. The van der Waals surface area contributed by atoms with Crippen LogP contribution in [0.3, 0.4) is 0 Å². The summed E-state index contributed by atoms with van der Waals surface area (Å²) >= 11 is 0. The number of nitrogens with two attached hydrogens (primary N) is 1. The monoisotopic (exact) mass is 430 g/mol. The first-order valence-electron chi connectivity index (χ1n) is 10.2. The third-order valence-electron chi connectivity index (χ3n) is 5.51. The number of imide groups is 1. The van der Waals surface area contributed by atoms with Crippen molar-refractivity contribution < 1.29 is 28.7 Å². The number of amides is 5. The largest absolute Gasteiger partial charge is 0.444 e. The Morgan fingerprint density at radius 2 is 1.87 bits per heavy atom. The standard InChI is InChI=1S/C21H26N4O6/c1-13(20(29)24-11-5-8-15(24)18(22)27)23-19(28)16-9-10-17(26)25(16)21(30)31-12-14-6-3-2-4-7-14/h2-4,6-7,13,15-16H,5,8-12H2,1H3,(H2,22,27)(H,23,28)/t13-,15-,16-/m0/s1. The number of rotatable bonds is 6. The van der Waals surface area contributed by atoms with Crippen LogP contribution in [0.15, 0.2) is 30.3 Å². The van der Waals surface area contributed by atoms with E-state index in [0.717, 1.165) is 10.5 Å². The van der Waals surface area contributed by atoms with E-state index in [1.807, 2.05) is 6.07 Å². The van der Waals surface area contributed by atoms with Gasteiger partial charge in [0.2, 0.25) is 23.6 Å². The summed E-state index contributed by atoms with van der Waals surface area (Å²) in [6.45, 7) is 1.84. The minimum absolute atomic E-state index is 0.0245. The molecule has 3 atom stereocenters. The molecule has 0 aliphatic carbocycles. The zero-order valence-corrected chi connectivity index (χ0v) is 17.3. The Morgan fingerprint density at radius 3 is 2.55 bits per heavy atom. The lowest BCUT2D eigenvalue weighted by atomic mass is 10.1. The van der Waals surface area contributed by atoms with Gasteiger partial charge in [0, 0.05) is 13.0 Å². The van der Waals surface area contributed by atoms with Crippen LogP contribution >= 0.6 is 0 Å². The first kappa shape index (κ1) is 22.3. The Bertz CT molecular complexity index is 874. The van der Waals surface area contributed by atoms with Crippen LogP contribution in [0.2, 0.25) is 0 Å². The number of carbonyl (C=O) groups is 5. The summed E-state index contributed by atoms with van der Waals surface area (Å²) in [5, 5.41) is 2.55. The summed E-state index contributed by atoms with van der Waals surface area (Å²) in [5.74, 6) is -2.15. The number of nitrogens with one attached hydrogen (secondary N) is 1. The Balaban J connectivity index is 1.60. The van der Waals surface area contributed by atoms with E-state index in [0.29, 0.717) is 19.4 Å². The van der Waals surface area contributed by atoms with Crippen LogP contribution in [0, 0.1) is 0 Å². The summed E-state index contributed by atoms with van der Waals surface area (Å²) in [6, 6.07) is 6.27. The molecule has 2 aliphatic rings. The highest BCUT2D eigenvalue weighted by molar-refractivity contribution is 6.01. The molecule has 0 bridgehead atoms. The van der Waals surface area contributed by atoms with Crippen LogP contribution in [0.5, 0.6) is 0 Å². The number of benzene rings is 1. The van der Waals surface area contributed by atoms with Gasteiger partial charge in [-0.3, -0.25) is 19.2 Å². The third-order valence-corrected chi connectivity index (χ3v) is 5.51. The molecule has 5 amide bonds. The fourth-order valence-electron chi connectivity index (χ4n) is 3.90. The van der Waals surface area contributed by atoms with Crippen molar-refractivity contribution in [3.8, 4) is 0 Å². The van der Waals surface area contributed by atoms with Crippen molar-refractivity contribution in [2.45, 2.75) is 57.3 Å². The molecule has 0 spiro atoms. The molecule has 2 saturated heterocycles. The second kappa shape index (κ2) is 9.59. The predicted molar refractivity (Wildman–Crippen MR) is 108 cm³/mol. The van der Waals surface area contributed by atoms with Crippen molar-refractivity contribution in [3.63, 3.8) is 0 Å². The quantitative estimate of drug-likeness (QED) is 0.665. The fourth-order valence-corrected chi connectivity index (χ4v) is 3.90. The van der Waals surface area contributed by atoms with Gasteiger partial charge in [-0.25, -0.2) is 9.69 Å². The van der Waals surface area contributed by atoms with Crippen molar-refractivity contribution in [3.05, 3.63) is 35.9 Å². The number of nitrogens with zero attached hydrogens (tertiary/aromatic N) is 2. The van der Waals surface area contributed by atoms with Gasteiger partial charge in [0.05, 0.1) is 0 Å². The lowest BCUT2D eigenvalue weighted by Crippen LogP contribution is -2.55. The maximum atomic E-state index is 12.7. The number of likely N-dealkylation sites (tertiary alicyclic amines) is 2. The molecule has 3 rings (SSSR count). The molecule has 2 aliphatic heterocycles. The summed E-state index contributed by atoms with van der Waals surface area (Å²) < 4.78 is 5.20. The van der Waals surface area contributed by atoms with E-state index in [4.69, 9.17) is 10.5 Å². The zero-order valence-electron chi connectivity index (χ0n) is 17.3. The molecular formula is C21H26N4O6. The van der Waals surface area contributed by atoms with Crippen molar-refractivity contribution in [1.82, 2.24) is 15.1 Å². The fraction of sp³-hybridized carbons (Fsp3) is 0.476. The molecule has 0 saturated carbocycles. The van der Waals surface area contributed by atoms with Gasteiger partial charge in [-0.15, -0.1) is 0 Å². The lowest BCUT2D eigenvalue weighted by Gasteiger charge is -2.27. The molecule has 0 aromatic heterocycles. The smallest absolute Gasteiger partial charge is 0.417 e. The molecule has 3 N–H and O–H groups in total. The van der Waals surface area contributed by atoms with Crippen LogP contribution in [0.4, 0.5) is 4.79 Å². The first-order valence-corrected chi connectivity index (χ1v) is 10.2. The van der Waals surface area contributed by atoms with Gasteiger partial charge in [0.25, 0.3) is 0 Å². The summed E-state index contributed by atoms with van der Waals surface area (Å²) in [4.78, 5) is 63.8. The molecular weight excluding hydrogens is 404 g/mol. The van der Waals surface area contributed by atoms with Crippen LogP contribution in [0.1, 0.15) is 38.2 Å². The molecule has 31 heavy (non-hydrogen) atoms. The minimum atomic E-state index is -1.06. The maximum absolute atomic E-state index is 12.7. The second-order valence-corrected chi connectivity index (χ2v) is 7.68. The Kier molecular flexibility index (Phi) is 6.88. The number of primary amides is 1. The van der Waals surface area contributed by atoms with Crippen molar-refractivity contribution in [1.29, 1.82) is 0 Å². The molecule has 2 heterocycles. The minimum Gasteiger partial charge on any atom is -0.444 e. The second-order valence-electron chi connectivity index (χ2n) is 7.68. The summed E-state index contributed by atoms with van der Waals surface area (Å²) in [5.41, 5.74) is 6.10. The van der Waals surface area contributed by atoms with Crippen LogP contribution in [0.25, 0.3) is 0 Å². The average Bonchev–Trinajstić information content (AvgIpc) is 3.39. The summed E-state index contributed by atoms with van der Waals surface area (Å²) in [7, 11) is 0. The molecule has 1 aromatic carbocycles. The number of ether oxygens (including phenoxy) is 1. The Labute approximate surface area is 179 Å². The van der Waals surface area contributed by atoms with E-state index in [1.165, 1.54) is 11.8 Å². The predicted octanol–water partition coefficient (Wildman–Crippen LogP) is 0.295. The van der Waals surface area contributed by atoms with E-state index < -0.39 is 47.8 Å². The van der Waals surface area contributed by atoms with Gasteiger partial charge in [0.15, 0.2) is 0 Å². The van der Waals surface area contributed by atoms with Crippen LogP contribution < -0.4 is 11.1 Å². The van der Waals surface area contributed by atoms with Gasteiger partial charge < -0.3 is 20.7 Å². The van der Waals surface area contributed by atoms with Crippen LogP contribution in [-0.2, 0) is 30.5 Å². The average molecular weight is 430 g/mol. The van der Waals surface area contributed by atoms with Gasteiger partial charge in [-0.1, -0.05) is 30.3 Å². The van der Waals surface area contributed by atoms with Crippen molar-refractivity contribution in [2.75, 3.05) is 6.54 Å². The Morgan fingerprint density at radius 1 is 1.16 bits per heavy atom. The molecule has 10 heteroatoms. The SMILES string of the molecule is C[C@H](NC(=O)[C@@H]1CCC(=O)N1C(=O)OCc1ccccc1)C(=O)N1CCC[C@H]1C(N)=O. The molecule has 166 valence electrons. The topological polar surface area (TPSA) is 139 Å². The molecule has 0 radical (unpaired) electrons. The molecule has 10 nitrogen and oxygen atoms in total. The highest BCUT2D eigenvalue weighted by Crippen LogP contribution is 2.22. The third kappa shape index (κ3) is 5.01. The van der Waals surface area contributed by atoms with E-state index in [2.05, 4.69) is 5.32 Å². The van der Waals surface area contributed by atoms with Gasteiger partial charge in [-0.2, -0.15) is 0 Å².